The average Bonchev–Trinajstić information content (AvgIpc) is 2.68. The van der Waals surface area contributed by atoms with Crippen LogP contribution in [0.15, 0.2) is 54.6 Å². The van der Waals surface area contributed by atoms with E-state index < -0.39 is 5.97 Å². The molecule has 2 atom stereocenters. The minimum atomic E-state index is -0.953. The number of ether oxygens (including phenoxy) is 1. The third-order valence-electron chi connectivity index (χ3n) is 4.76. The molecule has 1 heterocycles. The second-order valence-electron chi connectivity index (χ2n) is 6.65. The van der Waals surface area contributed by atoms with Crippen LogP contribution in [0.5, 0.6) is 0 Å². The summed E-state index contributed by atoms with van der Waals surface area (Å²) in [5.41, 5.74) is 2.18. The zero-order chi connectivity index (χ0) is 18.5. The molecule has 3 rings (SSSR count). The van der Waals surface area contributed by atoms with Crippen molar-refractivity contribution in [2.45, 2.75) is 25.5 Å². The van der Waals surface area contributed by atoms with Gasteiger partial charge in [-0.1, -0.05) is 42.5 Å². The van der Waals surface area contributed by atoms with Crippen LogP contribution in [0.25, 0.3) is 0 Å². The van der Waals surface area contributed by atoms with Crippen molar-refractivity contribution in [3.05, 3.63) is 71.3 Å². The van der Waals surface area contributed by atoms with Gasteiger partial charge in [-0.15, -0.1) is 0 Å². The summed E-state index contributed by atoms with van der Waals surface area (Å²) in [6.07, 6.45) is 1.47. The first kappa shape index (κ1) is 18.1. The van der Waals surface area contributed by atoms with Crippen molar-refractivity contribution in [3.8, 4) is 0 Å². The van der Waals surface area contributed by atoms with E-state index >= 15 is 0 Å². The van der Waals surface area contributed by atoms with Crippen molar-refractivity contribution in [1.29, 1.82) is 0 Å². The average molecular weight is 353 g/mol. The topological polar surface area (TPSA) is 66.8 Å². The van der Waals surface area contributed by atoms with E-state index in [9.17, 15) is 9.59 Å². The standard InChI is InChI=1S/C21H23NO4/c1-22(14-15-9-11-17(12-10-15)21(24)25)20(23)18-8-5-13-26-19(18)16-6-3-2-4-7-16/h2-4,6-7,9-12,18-19H,5,8,13-14H2,1H3,(H,24,25)/t18-,19+/m1/s1. The first-order valence-corrected chi connectivity index (χ1v) is 8.80. The van der Waals surface area contributed by atoms with Crippen LogP contribution in [0.2, 0.25) is 0 Å². The summed E-state index contributed by atoms with van der Waals surface area (Å²) in [4.78, 5) is 25.7. The van der Waals surface area contributed by atoms with Crippen LogP contribution in [-0.2, 0) is 16.1 Å². The Morgan fingerprint density at radius 1 is 1.12 bits per heavy atom. The van der Waals surface area contributed by atoms with Crippen molar-refractivity contribution >= 4 is 11.9 Å². The first-order chi connectivity index (χ1) is 12.6. The molecule has 1 amide bonds. The third kappa shape index (κ3) is 4.11. The maximum atomic E-state index is 13.0. The van der Waals surface area contributed by atoms with E-state index in [0.29, 0.717) is 13.2 Å². The molecule has 1 N–H and O–H groups in total. The lowest BCUT2D eigenvalue weighted by Gasteiger charge is -2.33. The Kier molecular flexibility index (Phi) is 5.68. The molecular formula is C21H23NO4. The van der Waals surface area contributed by atoms with Gasteiger partial charge in [0.1, 0.15) is 0 Å². The number of aromatic carboxylic acids is 1. The molecular weight excluding hydrogens is 330 g/mol. The highest BCUT2D eigenvalue weighted by Crippen LogP contribution is 2.34. The molecule has 0 radical (unpaired) electrons. The van der Waals surface area contributed by atoms with Gasteiger partial charge in [-0.05, 0) is 36.1 Å². The second-order valence-corrected chi connectivity index (χ2v) is 6.65. The number of hydrogen-bond donors (Lipinski definition) is 1. The largest absolute Gasteiger partial charge is 0.478 e. The molecule has 0 aliphatic carbocycles. The Labute approximate surface area is 153 Å². The van der Waals surface area contributed by atoms with Gasteiger partial charge in [0.2, 0.25) is 5.91 Å². The summed E-state index contributed by atoms with van der Waals surface area (Å²) < 4.78 is 5.93. The summed E-state index contributed by atoms with van der Waals surface area (Å²) in [6.45, 7) is 1.11. The molecule has 2 aromatic carbocycles. The molecule has 136 valence electrons. The van der Waals surface area contributed by atoms with Crippen molar-refractivity contribution in [3.63, 3.8) is 0 Å². The molecule has 0 aromatic heterocycles. The molecule has 1 aliphatic rings. The predicted molar refractivity (Wildman–Crippen MR) is 97.7 cm³/mol. The number of carboxylic acids is 1. The number of carbonyl (C=O) groups is 2. The number of rotatable bonds is 5. The summed E-state index contributed by atoms with van der Waals surface area (Å²) in [7, 11) is 1.78. The number of hydrogen-bond acceptors (Lipinski definition) is 3. The van der Waals surface area contributed by atoms with Gasteiger partial charge in [-0.3, -0.25) is 4.79 Å². The molecule has 0 bridgehead atoms. The van der Waals surface area contributed by atoms with Crippen molar-refractivity contribution in [1.82, 2.24) is 4.90 Å². The number of carboxylic acid groups (broad SMARTS) is 1. The van der Waals surface area contributed by atoms with E-state index in [-0.39, 0.29) is 23.5 Å². The fourth-order valence-electron chi connectivity index (χ4n) is 3.39. The van der Waals surface area contributed by atoms with Crippen LogP contribution in [0, 0.1) is 5.92 Å². The van der Waals surface area contributed by atoms with E-state index in [1.807, 2.05) is 30.3 Å². The molecule has 26 heavy (non-hydrogen) atoms. The zero-order valence-electron chi connectivity index (χ0n) is 14.8. The van der Waals surface area contributed by atoms with E-state index in [1.54, 1.807) is 36.2 Å². The molecule has 1 saturated heterocycles. The summed E-state index contributed by atoms with van der Waals surface area (Å²) >= 11 is 0. The molecule has 0 saturated carbocycles. The second kappa shape index (κ2) is 8.15. The highest BCUT2D eigenvalue weighted by molar-refractivity contribution is 5.87. The van der Waals surface area contributed by atoms with Gasteiger partial charge < -0.3 is 14.7 Å². The Bertz CT molecular complexity index is 757. The maximum Gasteiger partial charge on any atom is 0.335 e. The minimum Gasteiger partial charge on any atom is -0.478 e. The normalized spacial score (nSPS) is 19.7. The summed E-state index contributed by atoms with van der Waals surface area (Å²) in [5, 5.41) is 8.97. The first-order valence-electron chi connectivity index (χ1n) is 8.80. The Morgan fingerprint density at radius 2 is 1.81 bits per heavy atom. The third-order valence-corrected chi connectivity index (χ3v) is 4.76. The van der Waals surface area contributed by atoms with Crippen molar-refractivity contribution in [2.75, 3.05) is 13.7 Å². The molecule has 0 unspecified atom stereocenters. The zero-order valence-corrected chi connectivity index (χ0v) is 14.8. The summed E-state index contributed by atoms with van der Waals surface area (Å²) in [5.74, 6) is -1.10. The fraction of sp³-hybridized carbons (Fsp3) is 0.333. The monoisotopic (exact) mass is 353 g/mol. The van der Waals surface area contributed by atoms with Crippen LogP contribution < -0.4 is 0 Å². The number of amides is 1. The smallest absolute Gasteiger partial charge is 0.335 e. The number of nitrogens with zero attached hydrogens (tertiary/aromatic N) is 1. The quantitative estimate of drug-likeness (QED) is 0.893. The Balaban J connectivity index is 1.70. The highest BCUT2D eigenvalue weighted by atomic mass is 16.5. The maximum absolute atomic E-state index is 13.0. The van der Waals surface area contributed by atoms with E-state index in [0.717, 1.165) is 24.0 Å². The molecule has 5 heteroatoms. The van der Waals surface area contributed by atoms with Gasteiger partial charge in [0.05, 0.1) is 17.6 Å². The van der Waals surface area contributed by atoms with Gasteiger partial charge >= 0.3 is 5.97 Å². The van der Waals surface area contributed by atoms with Crippen LogP contribution in [0.1, 0.15) is 40.4 Å². The molecule has 2 aromatic rings. The summed E-state index contributed by atoms with van der Waals surface area (Å²) in [6, 6.07) is 16.5. The van der Waals surface area contributed by atoms with Gasteiger partial charge in [-0.2, -0.15) is 0 Å². The number of carbonyl (C=O) groups excluding carboxylic acids is 1. The molecule has 1 aliphatic heterocycles. The lowest BCUT2D eigenvalue weighted by molar-refractivity contribution is -0.144. The van der Waals surface area contributed by atoms with E-state index in [4.69, 9.17) is 9.84 Å². The van der Waals surface area contributed by atoms with Gasteiger partial charge in [0.15, 0.2) is 0 Å². The Hall–Kier alpha value is -2.66. The lowest BCUT2D eigenvalue weighted by atomic mass is 9.88. The van der Waals surface area contributed by atoms with Crippen molar-refractivity contribution in [2.24, 2.45) is 5.92 Å². The fourth-order valence-corrected chi connectivity index (χ4v) is 3.39. The molecule has 0 spiro atoms. The SMILES string of the molecule is CN(Cc1ccc(C(=O)O)cc1)C(=O)[C@@H]1CCCO[C@H]1c1ccccc1. The lowest BCUT2D eigenvalue weighted by Crippen LogP contribution is -2.38. The van der Waals surface area contributed by atoms with Crippen LogP contribution in [0.4, 0.5) is 0 Å². The van der Waals surface area contributed by atoms with Crippen LogP contribution in [0.3, 0.4) is 0 Å². The van der Waals surface area contributed by atoms with E-state index in [1.165, 1.54) is 0 Å². The minimum absolute atomic E-state index is 0.0564. The van der Waals surface area contributed by atoms with Gasteiger partial charge in [0.25, 0.3) is 0 Å². The van der Waals surface area contributed by atoms with Crippen LogP contribution >= 0.6 is 0 Å². The van der Waals surface area contributed by atoms with Crippen LogP contribution in [-0.4, -0.2) is 35.5 Å². The number of benzene rings is 2. The van der Waals surface area contributed by atoms with Gasteiger partial charge in [0, 0.05) is 20.2 Å². The van der Waals surface area contributed by atoms with Gasteiger partial charge in [-0.25, -0.2) is 4.79 Å². The Morgan fingerprint density at radius 3 is 2.46 bits per heavy atom. The molecule has 5 nitrogen and oxygen atoms in total. The molecule has 1 fully saturated rings. The van der Waals surface area contributed by atoms with Crippen molar-refractivity contribution < 1.29 is 19.4 Å². The highest BCUT2D eigenvalue weighted by Gasteiger charge is 2.34. The van der Waals surface area contributed by atoms with E-state index in [2.05, 4.69) is 0 Å². The predicted octanol–water partition coefficient (Wildman–Crippen LogP) is 3.51.